The van der Waals surface area contributed by atoms with Gasteiger partial charge in [-0.3, -0.25) is 9.48 Å². The van der Waals surface area contributed by atoms with Crippen molar-refractivity contribution in [3.8, 4) is 33.5 Å². The molecule has 3 aromatic heterocycles. The highest BCUT2D eigenvalue weighted by Gasteiger charge is 2.22. The number of carbonyl (C=O) groups is 1. The van der Waals surface area contributed by atoms with Crippen LogP contribution in [0, 0.1) is 6.92 Å². The molecule has 4 heterocycles. The van der Waals surface area contributed by atoms with Crippen molar-refractivity contribution in [1.29, 1.82) is 0 Å². The van der Waals surface area contributed by atoms with E-state index in [0.29, 0.717) is 0 Å². The van der Waals surface area contributed by atoms with Gasteiger partial charge in [0.25, 0.3) is 0 Å². The van der Waals surface area contributed by atoms with E-state index in [4.69, 9.17) is 4.98 Å². The summed E-state index contributed by atoms with van der Waals surface area (Å²) in [5.74, 6) is -0.233. The first kappa shape index (κ1) is 27.5. The predicted octanol–water partition coefficient (Wildman–Crippen LogP) is 6.04. The lowest BCUT2D eigenvalue weighted by Gasteiger charge is -2.34. The van der Waals surface area contributed by atoms with Crippen molar-refractivity contribution in [1.82, 2.24) is 24.6 Å². The number of pyridine rings is 1. The molecule has 1 aliphatic heterocycles. The zero-order chi connectivity index (χ0) is 29.4. The molecular formula is C34H37N7O. The lowest BCUT2D eigenvalue weighted by molar-refractivity contribution is -0.111. The van der Waals surface area contributed by atoms with Gasteiger partial charge in [0.2, 0.25) is 5.91 Å². The second-order valence-corrected chi connectivity index (χ2v) is 11.1. The van der Waals surface area contributed by atoms with Gasteiger partial charge < -0.3 is 20.1 Å². The van der Waals surface area contributed by atoms with Gasteiger partial charge in [0, 0.05) is 79.1 Å². The Morgan fingerprint density at radius 1 is 1.02 bits per heavy atom. The Morgan fingerprint density at radius 2 is 1.76 bits per heavy atom. The minimum absolute atomic E-state index is 0.233. The van der Waals surface area contributed by atoms with Crippen LogP contribution in [0.2, 0.25) is 0 Å². The van der Waals surface area contributed by atoms with Crippen LogP contribution in [0.1, 0.15) is 18.1 Å². The number of aryl methyl sites for hydroxylation is 3. The monoisotopic (exact) mass is 559 g/mol. The van der Waals surface area contributed by atoms with E-state index in [2.05, 4.69) is 88.2 Å². The molecule has 0 unspecified atom stereocenters. The third-order valence-corrected chi connectivity index (χ3v) is 8.29. The Labute approximate surface area is 246 Å². The molecule has 0 spiro atoms. The number of carbonyl (C=O) groups excluding carboxylic acids is 1. The fourth-order valence-corrected chi connectivity index (χ4v) is 5.90. The van der Waals surface area contributed by atoms with Gasteiger partial charge in [-0.05, 0) is 66.9 Å². The highest BCUT2D eigenvalue weighted by molar-refractivity contribution is 6.07. The first-order chi connectivity index (χ1) is 20.4. The summed E-state index contributed by atoms with van der Waals surface area (Å²) in [6.07, 6.45) is 7.98. The van der Waals surface area contributed by atoms with Crippen molar-refractivity contribution in [3.63, 3.8) is 0 Å². The van der Waals surface area contributed by atoms with Gasteiger partial charge in [0.05, 0.1) is 11.9 Å². The topological polar surface area (TPSA) is 82.1 Å². The zero-order valence-corrected chi connectivity index (χ0v) is 24.7. The van der Waals surface area contributed by atoms with Crippen molar-refractivity contribution < 1.29 is 4.79 Å². The molecule has 0 aliphatic carbocycles. The van der Waals surface area contributed by atoms with Crippen molar-refractivity contribution in [2.75, 3.05) is 43.4 Å². The minimum atomic E-state index is -0.233. The number of piperazine rings is 1. The number of hydrogen-bond acceptors (Lipinski definition) is 5. The van der Waals surface area contributed by atoms with Crippen LogP contribution in [0.5, 0.6) is 0 Å². The molecule has 0 radical (unpaired) electrons. The Balaban J connectivity index is 1.54. The van der Waals surface area contributed by atoms with E-state index in [1.807, 2.05) is 37.2 Å². The summed E-state index contributed by atoms with van der Waals surface area (Å²) in [5, 5.41) is 8.48. The molecule has 1 aliphatic rings. The molecule has 6 rings (SSSR count). The zero-order valence-electron chi connectivity index (χ0n) is 24.7. The SMILES string of the molecule is C=CC(=O)Nc1cc(-c2c(-c3ccc(N4CCN(C)CC4)cc3)[nH]c3ncc(-c4cnn(C)c4)c(CC)c23)ccc1C. The summed E-state index contributed by atoms with van der Waals surface area (Å²) in [6, 6.07) is 15.1. The van der Waals surface area contributed by atoms with Crippen LogP contribution in [0.15, 0.2) is 73.7 Å². The number of likely N-dealkylation sites (N-methyl/N-ethyl adjacent to an activating group) is 1. The van der Waals surface area contributed by atoms with E-state index in [1.54, 1.807) is 0 Å². The molecular weight excluding hydrogens is 522 g/mol. The maximum atomic E-state index is 12.3. The van der Waals surface area contributed by atoms with Crippen LogP contribution in [0.3, 0.4) is 0 Å². The number of H-pyrrole nitrogens is 1. The number of hydrogen-bond donors (Lipinski definition) is 2. The summed E-state index contributed by atoms with van der Waals surface area (Å²) < 4.78 is 1.82. The van der Waals surface area contributed by atoms with Gasteiger partial charge in [-0.25, -0.2) is 4.98 Å². The maximum absolute atomic E-state index is 12.3. The molecule has 0 saturated carbocycles. The first-order valence-electron chi connectivity index (χ1n) is 14.5. The van der Waals surface area contributed by atoms with E-state index in [0.717, 1.165) is 88.4 Å². The summed E-state index contributed by atoms with van der Waals surface area (Å²) in [6.45, 7) is 12.0. The molecule has 1 fully saturated rings. The average Bonchev–Trinajstić information content (AvgIpc) is 3.62. The van der Waals surface area contributed by atoms with E-state index >= 15 is 0 Å². The molecule has 5 aromatic rings. The molecule has 2 aromatic carbocycles. The number of benzene rings is 2. The van der Waals surface area contributed by atoms with Crippen LogP contribution in [0.25, 0.3) is 44.5 Å². The maximum Gasteiger partial charge on any atom is 0.247 e. The quantitative estimate of drug-likeness (QED) is 0.238. The molecule has 42 heavy (non-hydrogen) atoms. The van der Waals surface area contributed by atoms with Gasteiger partial charge in [0.1, 0.15) is 5.65 Å². The van der Waals surface area contributed by atoms with Crippen LogP contribution >= 0.6 is 0 Å². The number of amides is 1. The average molecular weight is 560 g/mol. The lowest BCUT2D eigenvalue weighted by atomic mass is 9.92. The number of nitrogens with one attached hydrogen (secondary N) is 2. The van der Waals surface area contributed by atoms with Crippen molar-refractivity contribution in [2.45, 2.75) is 20.3 Å². The Hall–Kier alpha value is -4.69. The summed E-state index contributed by atoms with van der Waals surface area (Å²) in [4.78, 5) is 25.7. The number of rotatable bonds is 7. The Kier molecular flexibility index (Phi) is 7.39. The smallest absolute Gasteiger partial charge is 0.247 e. The largest absolute Gasteiger partial charge is 0.369 e. The second kappa shape index (κ2) is 11.3. The van der Waals surface area contributed by atoms with Crippen LogP contribution in [-0.4, -0.2) is 63.8 Å². The highest BCUT2D eigenvalue weighted by atomic mass is 16.1. The number of nitrogens with zero attached hydrogens (tertiary/aromatic N) is 5. The van der Waals surface area contributed by atoms with E-state index in [-0.39, 0.29) is 5.91 Å². The number of aromatic amines is 1. The fourth-order valence-electron chi connectivity index (χ4n) is 5.90. The number of fused-ring (bicyclic) bond motifs is 1. The molecule has 1 saturated heterocycles. The molecule has 8 nitrogen and oxygen atoms in total. The van der Waals surface area contributed by atoms with Gasteiger partial charge in [-0.1, -0.05) is 37.8 Å². The van der Waals surface area contributed by atoms with E-state index in [9.17, 15) is 4.79 Å². The summed E-state index contributed by atoms with van der Waals surface area (Å²) in [5.41, 5.74) is 11.3. The van der Waals surface area contributed by atoms with Crippen molar-refractivity contribution in [2.24, 2.45) is 7.05 Å². The third kappa shape index (κ3) is 5.10. The summed E-state index contributed by atoms with van der Waals surface area (Å²) in [7, 11) is 4.10. The first-order valence-corrected chi connectivity index (χ1v) is 14.5. The normalized spacial score (nSPS) is 14.0. The summed E-state index contributed by atoms with van der Waals surface area (Å²) >= 11 is 0. The number of anilines is 2. The van der Waals surface area contributed by atoms with Gasteiger partial charge in [-0.2, -0.15) is 5.10 Å². The molecule has 2 N–H and O–H groups in total. The lowest BCUT2D eigenvalue weighted by Crippen LogP contribution is -2.44. The molecule has 8 heteroatoms. The van der Waals surface area contributed by atoms with E-state index < -0.39 is 0 Å². The van der Waals surface area contributed by atoms with Crippen LogP contribution < -0.4 is 10.2 Å². The molecule has 0 bridgehead atoms. The van der Waals surface area contributed by atoms with Gasteiger partial charge >= 0.3 is 0 Å². The fraction of sp³-hybridized carbons (Fsp3) is 0.265. The van der Waals surface area contributed by atoms with E-state index in [1.165, 1.54) is 17.3 Å². The van der Waals surface area contributed by atoms with Gasteiger partial charge in [-0.15, -0.1) is 0 Å². The molecule has 0 atom stereocenters. The minimum Gasteiger partial charge on any atom is -0.369 e. The van der Waals surface area contributed by atoms with Crippen LogP contribution in [0.4, 0.5) is 11.4 Å². The van der Waals surface area contributed by atoms with Crippen LogP contribution in [-0.2, 0) is 18.3 Å². The molecule has 1 amide bonds. The van der Waals surface area contributed by atoms with Crippen molar-refractivity contribution in [3.05, 3.63) is 84.8 Å². The Morgan fingerprint density at radius 3 is 2.43 bits per heavy atom. The standard InChI is InChI=1S/C34H37N7O/c1-6-27-28(25-19-36-40(5)21-25)20-35-34-32(27)31(24-9-8-22(3)29(18-24)37-30(42)7-2)33(38-34)23-10-12-26(13-11-23)41-16-14-39(4)15-17-41/h7-13,18-21H,2,6,14-17H2,1,3-5H3,(H,35,38)(H,37,42). The van der Waals surface area contributed by atoms with Gasteiger partial charge in [0.15, 0.2) is 0 Å². The highest BCUT2D eigenvalue weighted by Crippen LogP contribution is 2.43. The van der Waals surface area contributed by atoms with Crippen molar-refractivity contribution >= 4 is 28.3 Å². The Bertz CT molecular complexity index is 1770. The molecule has 214 valence electrons. The predicted molar refractivity (Wildman–Crippen MR) is 172 cm³/mol. The number of aromatic nitrogens is 4. The second-order valence-electron chi connectivity index (χ2n) is 11.1. The third-order valence-electron chi connectivity index (χ3n) is 8.29.